The molecule has 1 atom stereocenters. The van der Waals surface area contributed by atoms with Gasteiger partial charge < -0.3 is 14.2 Å². The van der Waals surface area contributed by atoms with E-state index < -0.39 is 18.0 Å². The molecular formula is C16H19NO6. The summed E-state index contributed by atoms with van der Waals surface area (Å²) in [7, 11) is 3.09. The molecule has 7 heteroatoms. The summed E-state index contributed by atoms with van der Waals surface area (Å²) < 4.78 is 15.2. The number of hydrogen-bond acceptors (Lipinski definition) is 6. The van der Waals surface area contributed by atoms with E-state index >= 15 is 0 Å². The molecule has 0 unspecified atom stereocenters. The minimum atomic E-state index is -0.995. The lowest BCUT2D eigenvalue weighted by atomic mass is 10.1. The van der Waals surface area contributed by atoms with Crippen LogP contribution in [0.2, 0.25) is 0 Å². The average molecular weight is 321 g/mol. The van der Waals surface area contributed by atoms with Crippen LogP contribution in [0.15, 0.2) is 18.2 Å². The van der Waals surface area contributed by atoms with Crippen molar-refractivity contribution in [3.8, 4) is 11.5 Å². The Morgan fingerprint density at radius 1 is 1.22 bits per heavy atom. The number of carbonyl (C=O) groups excluding carboxylic acids is 3. The van der Waals surface area contributed by atoms with Gasteiger partial charge in [0.15, 0.2) is 17.6 Å². The molecule has 2 rings (SSSR count). The van der Waals surface area contributed by atoms with Crippen LogP contribution in [-0.2, 0) is 25.5 Å². The van der Waals surface area contributed by atoms with Gasteiger partial charge in [0.1, 0.15) is 0 Å². The van der Waals surface area contributed by atoms with Gasteiger partial charge in [0, 0.05) is 13.5 Å². The van der Waals surface area contributed by atoms with Gasteiger partial charge in [-0.15, -0.1) is 0 Å². The molecule has 1 aliphatic rings. The van der Waals surface area contributed by atoms with Crippen molar-refractivity contribution in [3.63, 3.8) is 0 Å². The number of hydrogen-bond donors (Lipinski definition) is 0. The van der Waals surface area contributed by atoms with E-state index in [-0.39, 0.29) is 18.9 Å². The summed E-state index contributed by atoms with van der Waals surface area (Å²) in [6, 6.07) is 5.41. The van der Waals surface area contributed by atoms with Gasteiger partial charge in [-0.3, -0.25) is 19.3 Å². The second-order valence-corrected chi connectivity index (χ2v) is 5.13. The van der Waals surface area contributed by atoms with E-state index in [9.17, 15) is 14.4 Å². The first-order valence-electron chi connectivity index (χ1n) is 7.18. The zero-order chi connectivity index (χ0) is 17.0. The van der Waals surface area contributed by atoms with Crippen molar-refractivity contribution in [1.82, 2.24) is 4.90 Å². The van der Waals surface area contributed by atoms with Gasteiger partial charge in [0.05, 0.1) is 20.6 Å². The van der Waals surface area contributed by atoms with Crippen molar-refractivity contribution in [2.24, 2.45) is 0 Å². The molecule has 23 heavy (non-hydrogen) atoms. The number of nitrogens with zero attached hydrogens (tertiary/aromatic N) is 1. The fourth-order valence-electron chi connectivity index (χ4n) is 2.46. The van der Waals surface area contributed by atoms with E-state index in [2.05, 4.69) is 0 Å². The second-order valence-electron chi connectivity index (χ2n) is 5.13. The van der Waals surface area contributed by atoms with E-state index in [0.717, 1.165) is 10.5 Å². The van der Waals surface area contributed by atoms with Crippen molar-refractivity contribution in [2.45, 2.75) is 25.9 Å². The smallest absolute Gasteiger partial charge is 0.303 e. The van der Waals surface area contributed by atoms with E-state index in [1.54, 1.807) is 26.4 Å². The maximum Gasteiger partial charge on any atom is 0.303 e. The molecule has 1 fully saturated rings. The topological polar surface area (TPSA) is 82.1 Å². The quantitative estimate of drug-likeness (QED) is 0.573. The fraction of sp³-hybridized carbons (Fsp3) is 0.438. The Morgan fingerprint density at radius 2 is 1.91 bits per heavy atom. The maximum absolute atomic E-state index is 12.1. The first kappa shape index (κ1) is 16.8. The molecule has 1 heterocycles. The normalized spacial score (nSPS) is 17.3. The van der Waals surface area contributed by atoms with Crippen LogP contribution in [0.1, 0.15) is 18.9 Å². The maximum atomic E-state index is 12.1. The molecule has 1 aromatic rings. The summed E-state index contributed by atoms with van der Waals surface area (Å²) in [6.07, 6.45) is -0.611. The summed E-state index contributed by atoms with van der Waals surface area (Å²) in [4.78, 5) is 36.0. The van der Waals surface area contributed by atoms with Gasteiger partial charge in [0.25, 0.3) is 5.91 Å². The Kier molecular flexibility index (Phi) is 5.20. The highest BCUT2D eigenvalue weighted by atomic mass is 16.5. The van der Waals surface area contributed by atoms with Crippen LogP contribution in [0, 0.1) is 0 Å². The Morgan fingerprint density at radius 3 is 2.52 bits per heavy atom. The van der Waals surface area contributed by atoms with Gasteiger partial charge in [-0.1, -0.05) is 6.07 Å². The first-order valence-corrected chi connectivity index (χ1v) is 7.18. The summed E-state index contributed by atoms with van der Waals surface area (Å²) in [5.41, 5.74) is 0.902. The van der Waals surface area contributed by atoms with E-state index in [1.165, 1.54) is 6.92 Å². The molecule has 1 aromatic carbocycles. The first-order chi connectivity index (χ1) is 11.0. The van der Waals surface area contributed by atoms with E-state index in [0.29, 0.717) is 17.9 Å². The summed E-state index contributed by atoms with van der Waals surface area (Å²) in [6.45, 7) is 1.44. The molecule has 1 saturated heterocycles. The number of ether oxygens (including phenoxy) is 3. The predicted octanol–water partition coefficient (Wildman–Crippen LogP) is 0.937. The van der Waals surface area contributed by atoms with Crippen molar-refractivity contribution in [1.29, 1.82) is 0 Å². The third-order valence-corrected chi connectivity index (χ3v) is 3.58. The second kappa shape index (κ2) is 7.13. The number of methoxy groups -OCH3 is 2. The highest BCUT2D eigenvalue weighted by molar-refractivity contribution is 6.05. The zero-order valence-corrected chi connectivity index (χ0v) is 13.3. The van der Waals surface area contributed by atoms with Gasteiger partial charge in [-0.25, -0.2) is 0 Å². The number of esters is 1. The number of amides is 2. The van der Waals surface area contributed by atoms with Gasteiger partial charge in [-0.2, -0.15) is 0 Å². The predicted molar refractivity (Wildman–Crippen MR) is 80.1 cm³/mol. The highest BCUT2D eigenvalue weighted by Gasteiger charge is 2.40. The number of rotatable bonds is 6. The van der Waals surface area contributed by atoms with Crippen molar-refractivity contribution in [3.05, 3.63) is 23.8 Å². The highest BCUT2D eigenvalue weighted by Crippen LogP contribution is 2.28. The standard InChI is InChI=1S/C16H19NO6/c1-10(18)23-14-9-15(19)17(16(14)20)7-6-11-4-5-12(21-2)13(8-11)22-3/h4-5,8,14H,6-7,9H2,1-3H3/t14-/m0/s1. The van der Waals surface area contributed by atoms with E-state index in [1.807, 2.05) is 6.07 Å². The molecule has 7 nitrogen and oxygen atoms in total. The molecule has 0 aliphatic carbocycles. The fourth-order valence-corrected chi connectivity index (χ4v) is 2.46. The molecule has 1 aliphatic heterocycles. The lowest BCUT2D eigenvalue weighted by Crippen LogP contribution is -2.35. The molecule has 0 N–H and O–H groups in total. The molecule has 0 saturated carbocycles. The molecule has 2 amide bonds. The van der Waals surface area contributed by atoms with Crippen LogP contribution in [-0.4, -0.2) is 49.6 Å². The van der Waals surface area contributed by atoms with Crippen LogP contribution in [0.3, 0.4) is 0 Å². The van der Waals surface area contributed by atoms with Crippen LogP contribution in [0.4, 0.5) is 0 Å². The largest absolute Gasteiger partial charge is 0.493 e. The summed E-state index contributed by atoms with van der Waals surface area (Å²) in [5, 5.41) is 0. The lowest BCUT2D eigenvalue weighted by Gasteiger charge is -2.15. The third-order valence-electron chi connectivity index (χ3n) is 3.58. The number of benzene rings is 1. The van der Waals surface area contributed by atoms with Crippen LogP contribution in [0.25, 0.3) is 0 Å². The Bertz CT molecular complexity index is 627. The lowest BCUT2D eigenvalue weighted by molar-refractivity contribution is -0.154. The van der Waals surface area contributed by atoms with Gasteiger partial charge in [-0.05, 0) is 24.1 Å². The minimum absolute atomic E-state index is 0.0929. The Labute approximate surface area is 134 Å². The molecule has 0 spiro atoms. The average Bonchev–Trinajstić information content (AvgIpc) is 2.78. The molecular weight excluding hydrogens is 302 g/mol. The molecule has 0 bridgehead atoms. The van der Waals surface area contributed by atoms with Gasteiger partial charge >= 0.3 is 5.97 Å². The molecule has 124 valence electrons. The van der Waals surface area contributed by atoms with Crippen molar-refractivity contribution >= 4 is 17.8 Å². The number of imide groups is 1. The van der Waals surface area contributed by atoms with Crippen molar-refractivity contribution in [2.75, 3.05) is 20.8 Å². The van der Waals surface area contributed by atoms with Crippen LogP contribution < -0.4 is 9.47 Å². The summed E-state index contributed by atoms with van der Waals surface area (Å²) >= 11 is 0. The molecule has 0 aromatic heterocycles. The minimum Gasteiger partial charge on any atom is -0.493 e. The third kappa shape index (κ3) is 3.80. The summed E-state index contributed by atoms with van der Waals surface area (Å²) in [5.74, 6) is -0.174. The van der Waals surface area contributed by atoms with Crippen LogP contribution in [0.5, 0.6) is 11.5 Å². The Balaban J connectivity index is 2.02. The van der Waals surface area contributed by atoms with Gasteiger partial charge in [0.2, 0.25) is 5.91 Å². The monoisotopic (exact) mass is 321 g/mol. The number of likely N-dealkylation sites (tertiary alicyclic amines) is 1. The number of carbonyl (C=O) groups is 3. The molecule has 0 radical (unpaired) electrons. The van der Waals surface area contributed by atoms with Crippen molar-refractivity contribution < 1.29 is 28.6 Å². The SMILES string of the molecule is COc1ccc(CCN2C(=O)C[C@H](OC(C)=O)C2=O)cc1OC. The van der Waals surface area contributed by atoms with E-state index in [4.69, 9.17) is 14.2 Å². The zero-order valence-electron chi connectivity index (χ0n) is 13.3. The van der Waals surface area contributed by atoms with Crippen LogP contribution >= 0.6 is 0 Å². The Hall–Kier alpha value is -2.57.